The molecule has 0 radical (unpaired) electrons. The minimum absolute atomic E-state index is 0.651. The summed E-state index contributed by atoms with van der Waals surface area (Å²) in [6, 6.07) is 15.7. The summed E-state index contributed by atoms with van der Waals surface area (Å²) >= 11 is 0. The van der Waals surface area contributed by atoms with Gasteiger partial charge in [-0.15, -0.1) is 0 Å². The van der Waals surface area contributed by atoms with E-state index in [9.17, 15) is 0 Å². The highest BCUT2D eigenvalue weighted by Gasteiger charge is 2.30. The van der Waals surface area contributed by atoms with Gasteiger partial charge >= 0.3 is 0 Å². The Morgan fingerprint density at radius 3 is 1.94 bits per heavy atom. The van der Waals surface area contributed by atoms with Gasteiger partial charge in [-0.3, -0.25) is 0 Å². The van der Waals surface area contributed by atoms with Gasteiger partial charge in [0.2, 0.25) is 0 Å². The maximum absolute atomic E-state index is 6.80. The van der Waals surface area contributed by atoms with E-state index in [2.05, 4.69) is 54.3 Å². The van der Waals surface area contributed by atoms with E-state index >= 15 is 0 Å². The summed E-state index contributed by atoms with van der Waals surface area (Å²) in [5.74, 6) is 1.32. The van der Waals surface area contributed by atoms with Crippen LogP contribution < -0.4 is 10.6 Å². The second-order valence-corrected chi connectivity index (χ2v) is 10.6. The summed E-state index contributed by atoms with van der Waals surface area (Å²) in [6.07, 6.45) is 20.1. The lowest BCUT2D eigenvalue weighted by molar-refractivity contribution is 0.419. The molecule has 2 aliphatic carbocycles. The third-order valence-electron chi connectivity index (χ3n) is 8.17. The van der Waals surface area contributed by atoms with Crippen molar-refractivity contribution < 1.29 is 0 Å². The zero-order chi connectivity index (χ0) is 22.9. The molecule has 2 fully saturated rings. The average Bonchev–Trinajstić information content (AvgIpc) is 2.88. The van der Waals surface area contributed by atoms with E-state index in [1.165, 1.54) is 113 Å². The zero-order valence-electron chi connectivity index (χ0n) is 21.0. The smallest absolute Gasteiger partial charge is 0.0450 e. The summed E-state index contributed by atoms with van der Waals surface area (Å²) in [5, 5.41) is 0. The van der Waals surface area contributed by atoms with Crippen LogP contribution in [0.5, 0.6) is 0 Å². The summed E-state index contributed by atoms with van der Waals surface area (Å²) < 4.78 is 0. The number of para-hydroxylation sites is 1. The van der Waals surface area contributed by atoms with Crippen molar-refractivity contribution in [3.8, 4) is 0 Å². The fourth-order valence-corrected chi connectivity index (χ4v) is 6.41. The van der Waals surface area contributed by atoms with Crippen LogP contribution in [-0.4, -0.2) is 6.54 Å². The molecule has 0 heterocycles. The quantitative estimate of drug-likeness (QED) is 0.291. The molecular weight excluding hydrogens is 400 g/mol. The Bertz CT molecular complexity index is 832. The van der Waals surface area contributed by atoms with Crippen molar-refractivity contribution in [2.75, 3.05) is 17.2 Å². The highest BCUT2D eigenvalue weighted by molar-refractivity contribution is 5.73. The molecule has 0 saturated heterocycles. The van der Waals surface area contributed by atoms with Crippen molar-refractivity contribution in [2.24, 2.45) is 0 Å². The Kier molecular flexibility index (Phi) is 9.15. The Balaban J connectivity index is 1.74. The molecule has 33 heavy (non-hydrogen) atoms. The van der Waals surface area contributed by atoms with Gasteiger partial charge in [-0.2, -0.15) is 0 Å². The van der Waals surface area contributed by atoms with Crippen molar-refractivity contribution in [1.29, 1.82) is 0 Å². The summed E-state index contributed by atoms with van der Waals surface area (Å²) in [4.78, 5) is 2.64. The van der Waals surface area contributed by atoms with E-state index in [4.69, 9.17) is 5.73 Å². The van der Waals surface area contributed by atoms with E-state index in [0.29, 0.717) is 11.8 Å². The van der Waals surface area contributed by atoms with Gasteiger partial charge in [0.25, 0.3) is 0 Å². The summed E-state index contributed by atoms with van der Waals surface area (Å²) in [7, 11) is 0. The third-order valence-corrected chi connectivity index (χ3v) is 8.17. The lowest BCUT2D eigenvalue weighted by atomic mass is 9.74. The Hall–Kier alpha value is -1.96. The topological polar surface area (TPSA) is 29.3 Å². The molecule has 180 valence electrons. The average molecular weight is 447 g/mol. The second-order valence-electron chi connectivity index (χ2n) is 10.6. The number of rotatable bonds is 10. The zero-order valence-corrected chi connectivity index (χ0v) is 21.0. The maximum atomic E-state index is 6.80. The van der Waals surface area contributed by atoms with Gasteiger partial charge in [0.1, 0.15) is 0 Å². The predicted molar refractivity (Wildman–Crippen MR) is 145 cm³/mol. The van der Waals surface area contributed by atoms with Gasteiger partial charge in [-0.25, -0.2) is 0 Å². The molecule has 0 aromatic heterocycles. The standard InChI is InChI=1S/C31H46N2/c1-2-3-4-5-15-24-33(27-20-13-8-14-21-27)29-23-22-28(32)30(25-16-9-6-10-17-25)31(29)26-18-11-7-12-19-26/h8,13-14,20-23,25-26H,2-7,9-12,15-19,24,32H2,1H3. The molecule has 0 aliphatic heterocycles. The number of nitrogens with zero attached hydrogens (tertiary/aromatic N) is 1. The number of hydrogen-bond acceptors (Lipinski definition) is 2. The molecule has 0 amide bonds. The van der Waals surface area contributed by atoms with Crippen LogP contribution in [0.4, 0.5) is 17.1 Å². The van der Waals surface area contributed by atoms with Crippen molar-refractivity contribution in [1.82, 2.24) is 0 Å². The van der Waals surface area contributed by atoms with Crippen LogP contribution in [0, 0.1) is 0 Å². The second kappa shape index (κ2) is 12.5. The lowest BCUT2D eigenvalue weighted by Crippen LogP contribution is -2.24. The first-order chi connectivity index (χ1) is 16.3. The first kappa shape index (κ1) is 24.2. The SMILES string of the molecule is CCCCCCCN(c1ccccc1)c1ccc(N)c(C2CCCCC2)c1C1CCCCC1. The van der Waals surface area contributed by atoms with Crippen LogP contribution in [0.15, 0.2) is 42.5 Å². The number of hydrogen-bond donors (Lipinski definition) is 1. The van der Waals surface area contributed by atoms with Gasteiger partial charge in [0, 0.05) is 23.6 Å². The Labute approximate surface area is 203 Å². The molecule has 0 unspecified atom stereocenters. The molecule has 0 atom stereocenters. The summed E-state index contributed by atoms with van der Waals surface area (Å²) in [5.41, 5.74) is 13.8. The van der Waals surface area contributed by atoms with Crippen LogP contribution in [0.2, 0.25) is 0 Å². The Morgan fingerprint density at radius 1 is 0.697 bits per heavy atom. The first-order valence-electron chi connectivity index (χ1n) is 14.0. The van der Waals surface area contributed by atoms with Crippen LogP contribution in [0.25, 0.3) is 0 Å². The van der Waals surface area contributed by atoms with Crippen LogP contribution in [0.1, 0.15) is 126 Å². The van der Waals surface area contributed by atoms with Crippen LogP contribution in [0.3, 0.4) is 0 Å². The van der Waals surface area contributed by atoms with E-state index < -0.39 is 0 Å². The van der Waals surface area contributed by atoms with Crippen molar-refractivity contribution >= 4 is 17.1 Å². The highest BCUT2D eigenvalue weighted by Crippen LogP contribution is 2.48. The van der Waals surface area contributed by atoms with E-state index in [0.717, 1.165) is 12.2 Å². The van der Waals surface area contributed by atoms with Crippen molar-refractivity contribution in [3.05, 3.63) is 53.6 Å². The number of nitrogen functional groups attached to an aromatic ring is 1. The molecule has 2 aromatic rings. The Morgan fingerprint density at radius 2 is 1.30 bits per heavy atom. The molecule has 2 aromatic carbocycles. The highest BCUT2D eigenvalue weighted by atomic mass is 15.1. The van der Waals surface area contributed by atoms with Gasteiger partial charge < -0.3 is 10.6 Å². The molecule has 2 saturated carbocycles. The number of nitrogens with two attached hydrogens (primary N) is 1. The number of unbranched alkanes of at least 4 members (excludes halogenated alkanes) is 4. The summed E-state index contributed by atoms with van der Waals surface area (Å²) in [6.45, 7) is 3.40. The van der Waals surface area contributed by atoms with Gasteiger partial charge in [0.15, 0.2) is 0 Å². The molecule has 2 N–H and O–H groups in total. The van der Waals surface area contributed by atoms with E-state index in [1.807, 2.05) is 0 Å². The maximum Gasteiger partial charge on any atom is 0.0450 e. The van der Waals surface area contributed by atoms with Crippen LogP contribution >= 0.6 is 0 Å². The molecule has 4 rings (SSSR count). The van der Waals surface area contributed by atoms with Crippen LogP contribution in [-0.2, 0) is 0 Å². The van der Waals surface area contributed by atoms with Crippen molar-refractivity contribution in [3.63, 3.8) is 0 Å². The van der Waals surface area contributed by atoms with Gasteiger partial charge in [0.05, 0.1) is 0 Å². The minimum atomic E-state index is 0.651. The number of benzene rings is 2. The molecule has 0 bridgehead atoms. The van der Waals surface area contributed by atoms with Gasteiger partial charge in [-0.05, 0) is 79.3 Å². The third kappa shape index (κ3) is 6.14. The first-order valence-corrected chi connectivity index (χ1v) is 14.0. The van der Waals surface area contributed by atoms with E-state index in [1.54, 1.807) is 5.56 Å². The normalized spacial score (nSPS) is 17.8. The fourth-order valence-electron chi connectivity index (χ4n) is 6.41. The van der Waals surface area contributed by atoms with Crippen molar-refractivity contribution in [2.45, 2.75) is 115 Å². The predicted octanol–water partition coefficient (Wildman–Crippen LogP) is 9.47. The number of anilines is 3. The van der Waals surface area contributed by atoms with E-state index in [-0.39, 0.29) is 0 Å². The molecular formula is C31H46N2. The lowest BCUT2D eigenvalue weighted by Gasteiger charge is -2.36. The molecule has 2 nitrogen and oxygen atoms in total. The molecule has 2 heteroatoms. The monoisotopic (exact) mass is 446 g/mol. The minimum Gasteiger partial charge on any atom is -0.398 e. The molecule has 0 spiro atoms. The van der Waals surface area contributed by atoms with Gasteiger partial charge in [-0.1, -0.05) is 89.3 Å². The fraction of sp³-hybridized carbons (Fsp3) is 0.613. The molecule has 2 aliphatic rings. The largest absolute Gasteiger partial charge is 0.398 e.